The number of ether oxygens (including phenoxy) is 2. The highest BCUT2D eigenvalue weighted by atomic mass is 79.9. The van der Waals surface area contributed by atoms with Crippen LogP contribution >= 0.6 is 15.9 Å². The lowest BCUT2D eigenvalue weighted by atomic mass is 10.3. The molecule has 1 aliphatic heterocycles. The fraction of sp³-hybridized carbons (Fsp3) is 1.00. The lowest BCUT2D eigenvalue weighted by Gasteiger charge is -2.15. The lowest BCUT2D eigenvalue weighted by molar-refractivity contribution is -0.142. The maximum absolute atomic E-state index is 5.54. The van der Waals surface area contributed by atoms with Crippen LogP contribution in [0, 0.1) is 0 Å². The third kappa shape index (κ3) is 1.71. The molecule has 1 heterocycles. The van der Waals surface area contributed by atoms with Crippen molar-refractivity contribution in [2.24, 2.45) is 0 Å². The molecule has 10 heavy (non-hydrogen) atoms. The average molecular weight is 209 g/mol. The zero-order chi connectivity index (χ0) is 7.78. The van der Waals surface area contributed by atoms with Gasteiger partial charge in [-0.05, 0) is 20.8 Å². The molecular formula is C7H13BrO2. The molecule has 0 aromatic carbocycles. The van der Waals surface area contributed by atoms with Crippen molar-refractivity contribution in [3.05, 3.63) is 0 Å². The van der Waals surface area contributed by atoms with E-state index in [1.54, 1.807) is 0 Å². The van der Waals surface area contributed by atoms with Gasteiger partial charge in [-0.15, -0.1) is 0 Å². The molecule has 2 unspecified atom stereocenters. The summed E-state index contributed by atoms with van der Waals surface area (Å²) in [7, 11) is 0. The van der Waals surface area contributed by atoms with Crippen molar-refractivity contribution in [3.8, 4) is 0 Å². The molecule has 1 fully saturated rings. The third-order valence-corrected chi connectivity index (χ3v) is 2.22. The summed E-state index contributed by atoms with van der Waals surface area (Å²) in [5, 5.41) is 0.845. The van der Waals surface area contributed by atoms with Gasteiger partial charge in [-0.25, -0.2) is 0 Å². The third-order valence-electron chi connectivity index (χ3n) is 1.58. The van der Waals surface area contributed by atoms with Crippen molar-refractivity contribution in [2.45, 2.75) is 38.8 Å². The SMILES string of the molecule is CC1OC(C)(C)OC1CBr. The maximum atomic E-state index is 5.54. The maximum Gasteiger partial charge on any atom is 0.163 e. The first-order chi connectivity index (χ1) is 4.55. The summed E-state index contributed by atoms with van der Waals surface area (Å²) >= 11 is 3.36. The molecule has 1 saturated heterocycles. The van der Waals surface area contributed by atoms with Gasteiger partial charge in [0.25, 0.3) is 0 Å². The zero-order valence-corrected chi connectivity index (χ0v) is 8.14. The van der Waals surface area contributed by atoms with Gasteiger partial charge in [-0.2, -0.15) is 0 Å². The van der Waals surface area contributed by atoms with E-state index in [4.69, 9.17) is 9.47 Å². The van der Waals surface area contributed by atoms with Crippen LogP contribution < -0.4 is 0 Å². The number of hydrogen-bond acceptors (Lipinski definition) is 2. The van der Waals surface area contributed by atoms with Crippen LogP contribution in [-0.2, 0) is 9.47 Å². The van der Waals surface area contributed by atoms with Gasteiger partial charge in [-0.1, -0.05) is 15.9 Å². The van der Waals surface area contributed by atoms with Gasteiger partial charge in [0.15, 0.2) is 5.79 Å². The Morgan fingerprint density at radius 1 is 1.40 bits per heavy atom. The van der Waals surface area contributed by atoms with E-state index in [1.807, 2.05) is 20.8 Å². The minimum atomic E-state index is -0.391. The van der Waals surface area contributed by atoms with Gasteiger partial charge in [0.1, 0.15) is 0 Å². The second-order valence-corrected chi connectivity index (χ2v) is 3.68. The van der Waals surface area contributed by atoms with Crippen LogP contribution in [0.5, 0.6) is 0 Å². The minimum absolute atomic E-state index is 0.203. The van der Waals surface area contributed by atoms with E-state index in [0.717, 1.165) is 5.33 Å². The van der Waals surface area contributed by atoms with E-state index in [-0.39, 0.29) is 12.2 Å². The molecule has 3 heteroatoms. The highest BCUT2D eigenvalue weighted by Crippen LogP contribution is 2.28. The van der Waals surface area contributed by atoms with Crippen LogP contribution in [0.3, 0.4) is 0 Å². The molecule has 0 N–H and O–H groups in total. The minimum Gasteiger partial charge on any atom is -0.345 e. The van der Waals surface area contributed by atoms with Crippen molar-refractivity contribution in [2.75, 3.05) is 5.33 Å². The Morgan fingerprint density at radius 2 is 2.00 bits per heavy atom. The molecule has 0 amide bonds. The van der Waals surface area contributed by atoms with Gasteiger partial charge in [0.05, 0.1) is 12.2 Å². The molecule has 60 valence electrons. The van der Waals surface area contributed by atoms with Gasteiger partial charge in [-0.3, -0.25) is 0 Å². The van der Waals surface area contributed by atoms with Crippen LogP contribution in [0.2, 0.25) is 0 Å². The fourth-order valence-corrected chi connectivity index (χ4v) is 1.83. The summed E-state index contributed by atoms with van der Waals surface area (Å²) in [6.07, 6.45) is 0.407. The highest BCUT2D eigenvalue weighted by Gasteiger charge is 2.37. The molecule has 0 saturated carbocycles. The standard InChI is InChI=1S/C7H13BrO2/c1-5-6(4-8)10-7(2,3)9-5/h5-6H,4H2,1-3H3. The van der Waals surface area contributed by atoms with Crippen LogP contribution in [0.25, 0.3) is 0 Å². The van der Waals surface area contributed by atoms with Crippen LogP contribution in [0.1, 0.15) is 20.8 Å². The summed E-state index contributed by atoms with van der Waals surface area (Å²) in [5.41, 5.74) is 0. The van der Waals surface area contributed by atoms with Gasteiger partial charge in [0.2, 0.25) is 0 Å². The van der Waals surface area contributed by atoms with E-state index < -0.39 is 5.79 Å². The summed E-state index contributed by atoms with van der Waals surface area (Å²) in [6, 6.07) is 0. The van der Waals surface area contributed by atoms with E-state index in [0.29, 0.717) is 0 Å². The van der Waals surface area contributed by atoms with Crippen molar-refractivity contribution in [3.63, 3.8) is 0 Å². The van der Waals surface area contributed by atoms with E-state index >= 15 is 0 Å². The van der Waals surface area contributed by atoms with Gasteiger partial charge in [0, 0.05) is 5.33 Å². The molecule has 0 aromatic rings. The van der Waals surface area contributed by atoms with Gasteiger partial charge < -0.3 is 9.47 Å². The van der Waals surface area contributed by atoms with Crippen molar-refractivity contribution in [1.29, 1.82) is 0 Å². The Kier molecular flexibility index (Phi) is 2.38. The first-order valence-electron chi connectivity index (χ1n) is 3.47. The predicted molar refractivity (Wildman–Crippen MR) is 43.3 cm³/mol. The largest absolute Gasteiger partial charge is 0.345 e. The Balaban J connectivity index is 2.52. The highest BCUT2D eigenvalue weighted by molar-refractivity contribution is 9.09. The molecule has 0 spiro atoms. The second kappa shape index (κ2) is 2.80. The summed E-state index contributed by atoms with van der Waals surface area (Å²) in [6.45, 7) is 5.90. The fourth-order valence-electron chi connectivity index (χ4n) is 1.17. The molecule has 0 aromatic heterocycles. The quantitative estimate of drug-likeness (QED) is 0.614. The first-order valence-corrected chi connectivity index (χ1v) is 4.59. The van der Waals surface area contributed by atoms with Gasteiger partial charge >= 0.3 is 0 Å². The molecule has 0 aliphatic carbocycles. The first kappa shape index (κ1) is 8.50. The Labute approximate surface area is 70.0 Å². The molecule has 2 atom stereocenters. The molecule has 2 nitrogen and oxygen atoms in total. The molecule has 1 aliphatic rings. The summed E-state index contributed by atoms with van der Waals surface area (Å²) < 4.78 is 11.0. The van der Waals surface area contributed by atoms with E-state index in [9.17, 15) is 0 Å². The van der Waals surface area contributed by atoms with E-state index in [1.165, 1.54) is 0 Å². The van der Waals surface area contributed by atoms with E-state index in [2.05, 4.69) is 15.9 Å². The van der Waals surface area contributed by atoms with Crippen LogP contribution in [0.15, 0.2) is 0 Å². The number of hydrogen-bond donors (Lipinski definition) is 0. The van der Waals surface area contributed by atoms with Crippen molar-refractivity contribution < 1.29 is 9.47 Å². The number of rotatable bonds is 1. The smallest absolute Gasteiger partial charge is 0.163 e. The number of halogens is 1. The Morgan fingerprint density at radius 3 is 2.20 bits per heavy atom. The Bertz CT molecular complexity index is 125. The van der Waals surface area contributed by atoms with Crippen LogP contribution in [0.4, 0.5) is 0 Å². The topological polar surface area (TPSA) is 18.5 Å². The number of alkyl halides is 1. The Hall–Kier alpha value is 0.400. The molecular weight excluding hydrogens is 196 g/mol. The van der Waals surface area contributed by atoms with Crippen molar-refractivity contribution >= 4 is 15.9 Å². The molecule has 0 radical (unpaired) electrons. The van der Waals surface area contributed by atoms with Crippen molar-refractivity contribution in [1.82, 2.24) is 0 Å². The molecule has 0 bridgehead atoms. The monoisotopic (exact) mass is 208 g/mol. The summed E-state index contributed by atoms with van der Waals surface area (Å²) in [5.74, 6) is -0.391. The lowest BCUT2D eigenvalue weighted by Crippen LogP contribution is -2.22. The zero-order valence-electron chi connectivity index (χ0n) is 6.56. The molecule has 1 rings (SSSR count). The normalized spacial score (nSPS) is 38.4. The second-order valence-electron chi connectivity index (χ2n) is 3.03. The van der Waals surface area contributed by atoms with Crippen LogP contribution in [-0.4, -0.2) is 23.3 Å². The summed E-state index contributed by atoms with van der Waals surface area (Å²) in [4.78, 5) is 0. The predicted octanol–water partition coefficient (Wildman–Crippen LogP) is 1.92. The average Bonchev–Trinajstić information content (AvgIpc) is 2.05.